The molecule has 1 atom stereocenters. The average molecular weight is 284 g/mol. The van der Waals surface area contributed by atoms with Crippen LogP contribution in [0, 0.1) is 13.8 Å². The fourth-order valence-electron chi connectivity index (χ4n) is 2.68. The minimum Gasteiger partial charge on any atom is -0.478 e. The Morgan fingerprint density at radius 3 is 2.71 bits per heavy atom. The number of benzene rings is 1. The third-order valence-electron chi connectivity index (χ3n) is 3.77. The Kier molecular flexibility index (Phi) is 3.05. The first-order valence-electron chi connectivity index (χ1n) is 6.74. The molecule has 0 bridgehead atoms. The van der Waals surface area contributed by atoms with Crippen molar-refractivity contribution in [3.05, 3.63) is 53.2 Å². The van der Waals surface area contributed by atoms with Crippen LogP contribution in [0.1, 0.15) is 40.4 Å². The number of aromatic carboxylic acids is 1. The Hall–Kier alpha value is -2.56. The van der Waals surface area contributed by atoms with E-state index in [4.69, 9.17) is 9.52 Å². The van der Waals surface area contributed by atoms with E-state index in [9.17, 15) is 4.79 Å². The second-order valence-electron chi connectivity index (χ2n) is 5.21. The first-order valence-corrected chi connectivity index (χ1v) is 6.74. The average Bonchev–Trinajstić information content (AvgIpc) is 3.00. The van der Waals surface area contributed by atoms with Crippen LogP contribution < -0.4 is 0 Å². The Labute approximate surface area is 121 Å². The molecular weight excluding hydrogens is 268 g/mol. The summed E-state index contributed by atoms with van der Waals surface area (Å²) in [6, 6.07) is 6.99. The summed E-state index contributed by atoms with van der Waals surface area (Å²) in [6.45, 7) is 5.89. The maximum Gasteiger partial charge on any atom is 0.335 e. The minimum atomic E-state index is -0.937. The van der Waals surface area contributed by atoms with Crippen LogP contribution in [0.4, 0.5) is 0 Å². The predicted molar refractivity (Wildman–Crippen MR) is 78.7 cm³/mol. The highest BCUT2D eigenvalue weighted by Gasteiger charge is 2.17. The second kappa shape index (κ2) is 4.77. The van der Waals surface area contributed by atoms with Gasteiger partial charge in [0.2, 0.25) is 0 Å². The maximum atomic E-state index is 11.1. The van der Waals surface area contributed by atoms with E-state index in [1.807, 2.05) is 31.4 Å². The summed E-state index contributed by atoms with van der Waals surface area (Å²) in [7, 11) is 0. The number of carbonyl (C=O) groups is 1. The lowest BCUT2D eigenvalue weighted by molar-refractivity contribution is 0.0697. The van der Waals surface area contributed by atoms with Crippen molar-refractivity contribution in [2.45, 2.75) is 26.8 Å². The summed E-state index contributed by atoms with van der Waals surface area (Å²) in [5, 5.41) is 9.13. The van der Waals surface area contributed by atoms with Crippen LogP contribution in [-0.2, 0) is 0 Å². The fourth-order valence-corrected chi connectivity index (χ4v) is 2.68. The Bertz CT molecular complexity index is 829. The summed E-state index contributed by atoms with van der Waals surface area (Å²) in [6.07, 6.45) is 1.74. The van der Waals surface area contributed by atoms with Gasteiger partial charge in [-0.1, -0.05) is 0 Å². The third-order valence-corrected chi connectivity index (χ3v) is 3.77. The number of fused-ring (bicyclic) bond motifs is 1. The van der Waals surface area contributed by atoms with Gasteiger partial charge in [0.05, 0.1) is 29.0 Å². The number of carboxylic acid groups (broad SMARTS) is 1. The van der Waals surface area contributed by atoms with E-state index in [1.165, 1.54) is 0 Å². The van der Waals surface area contributed by atoms with Crippen molar-refractivity contribution in [2.24, 2.45) is 0 Å². The molecule has 0 spiro atoms. The highest BCUT2D eigenvalue weighted by molar-refractivity contribution is 5.92. The molecule has 0 radical (unpaired) electrons. The zero-order chi connectivity index (χ0) is 15.1. The lowest BCUT2D eigenvalue weighted by atomic mass is 10.1. The van der Waals surface area contributed by atoms with Gasteiger partial charge in [0.1, 0.15) is 11.5 Å². The van der Waals surface area contributed by atoms with Crippen LogP contribution in [0.3, 0.4) is 0 Å². The molecule has 1 aromatic carbocycles. The zero-order valence-corrected chi connectivity index (χ0v) is 12.1. The Morgan fingerprint density at radius 1 is 1.33 bits per heavy atom. The lowest BCUT2D eigenvalue weighted by Crippen LogP contribution is -2.06. The molecule has 21 heavy (non-hydrogen) atoms. The number of hydrogen-bond acceptors (Lipinski definition) is 3. The molecule has 0 saturated heterocycles. The Balaban J connectivity index is 2.13. The molecule has 2 aromatic heterocycles. The number of furan rings is 1. The lowest BCUT2D eigenvalue weighted by Gasteiger charge is -2.14. The van der Waals surface area contributed by atoms with Gasteiger partial charge in [-0.3, -0.25) is 0 Å². The van der Waals surface area contributed by atoms with Gasteiger partial charge in [-0.05, 0) is 45.0 Å². The Morgan fingerprint density at radius 2 is 2.10 bits per heavy atom. The monoisotopic (exact) mass is 284 g/mol. The van der Waals surface area contributed by atoms with Crippen molar-refractivity contribution < 1.29 is 14.3 Å². The number of aromatic nitrogens is 2. The highest BCUT2D eigenvalue weighted by Crippen LogP contribution is 2.28. The van der Waals surface area contributed by atoms with Gasteiger partial charge >= 0.3 is 5.97 Å². The number of imidazole rings is 1. The zero-order valence-electron chi connectivity index (χ0n) is 12.1. The van der Waals surface area contributed by atoms with Crippen LogP contribution in [0.5, 0.6) is 0 Å². The van der Waals surface area contributed by atoms with Gasteiger partial charge in [-0.2, -0.15) is 0 Å². The molecule has 0 amide bonds. The van der Waals surface area contributed by atoms with Crippen LogP contribution in [-0.4, -0.2) is 20.6 Å². The summed E-state index contributed by atoms with van der Waals surface area (Å²) >= 11 is 0. The van der Waals surface area contributed by atoms with Gasteiger partial charge in [0, 0.05) is 5.56 Å². The summed E-state index contributed by atoms with van der Waals surface area (Å²) in [4.78, 5) is 15.5. The van der Waals surface area contributed by atoms with E-state index >= 15 is 0 Å². The first kappa shape index (κ1) is 13.4. The molecule has 2 heterocycles. The number of hydrogen-bond donors (Lipinski definition) is 1. The SMILES string of the molecule is Cc1cc(C(C)n2cnc3ccc(C(=O)O)cc32)c(C)o1. The first-order chi connectivity index (χ1) is 9.97. The molecule has 108 valence electrons. The summed E-state index contributed by atoms with van der Waals surface area (Å²) < 4.78 is 7.55. The highest BCUT2D eigenvalue weighted by atomic mass is 16.4. The standard InChI is InChI=1S/C16H16N2O3/c1-9-6-13(11(3)21-9)10(2)18-8-17-14-5-4-12(16(19)20)7-15(14)18/h4-8,10H,1-3H3,(H,19,20). The van der Waals surface area contributed by atoms with Gasteiger partial charge in [0.15, 0.2) is 0 Å². The topological polar surface area (TPSA) is 68.3 Å². The van der Waals surface area contributed by atoms with Crippen LogP contribution in [0.25, 0.3) is 11.0 Å². The molecular formula is C16H16N2O3. The number of nitrogens with zero attached hydrogens (tertiary/aromatic N) is 2. The molecule has 0 aliphatic carbocycles. The van der Waals surface area contributed by atoms with Gasteiger partial charge in [0.25, 0.3) is 0 Å². The second-order valence-corrected chi connectivity index (χ2v) is 5.21. The number of carboxylic acids is 1. The summed E-state index contributed by atoms with van der Waals surface area (Å²) in [5.41, 5.74) is 2.93. The largest absolute Gasteiger partial charge is 0.478 e. The molecule has 0 saturated carbocycles. The fraction of sp³-hybridized carbons (Fsp3) is 0.250. The van der Waals surface area contributed by atoms with Crippen molar-refractivity contribution in [3.63, 3.8) is 0 Å². The number of aryl methyl sites for hydroxylation is 2. The van der Waals surface area contributed by atoms with Crippen molar-refractivity contribution in [1.29, 1.82) is 0 Å². The van der Waals surface area contributed by atoms with E-state index < -0.39 is 5.97 Å². The van der Waals surface area contributed by atoms with Gasteiger partial charge in [-0.25, -0.2) is 9.78 Å². The maximum absolute atomic E-state index is 11.1. The molecule has 3 rings (SSSR count). The number of rotatable bonds is 3. The van der Waals surface area contributed by atoms with Crippen LogP contribution in [0.15, 0.2) is 35.0 Å². The molecule has 1 N–H and O–H groups in total. The minimum absolute atomic E-state index is 0.0245. The van der Waals surface area contributed by atoms with Crippen molar-refractivity contribution in [3.8, 4) is 0 Å². The van der Waals surface area contributed by atoms with Crippen molar-refractivity contribution >= 4 is 17.0 Å². The van der Waals surface area contributed by atoms with Crippen LogP contribution >= 0.6 is 0 Å². The smallest absolute Gasteiger partial charge is 0.335 e. The van der Waals surface area contributed by atoms with E-state index in [0.717, 1.165) is 28.1 Å². The van der Waals surface area contributed by atoms with E-state index in [2.05, 4.69) is 4.98 Å². The molecule has 0 fully saturated rings. The normalized spacial score (nSPS) is 12.7. The summed E-state index contributed by atoms with van der Waals surface area (Å²) in [5.74, 6) is 0.800. The van der Waals surface area contributed by atoms with Gasteiger partial charge < -0.3 is 14.1 Å². The quantitative estimate of drug-likeness (QED) is 0.798. The molecule has 3 aromatic rings. The van der Waals surface area contributed by atoms with Gasteiger partial charge in [-0.15, -0.1) is 0 Å². The van der Waals surface area contributed by atoms with Crippen LogP contribution in [0.2, 0.25) is 0 Å². The molecule has 1 unspecified atom stereocenters. The van der Waals surface area contributed by atoms with Crippen molar-refractivity contribution in [1.82, 2.24) is 9.55 Å². The predicted octanol–water partition coefficient (Wildman–Crippen LogP) is 3.55. The van der Waals surface area contributed by atoms with E-state index in [0.29, 0.717) is 0 Å². The molecule has 0 aliphatic rings. The molecule has 5 heteroatoms. The third kappa shape index (κ3) is 2.20. The molecule has 0 aliphatic heterocycles. The molecule has 5 nitrogen and oxygen atoms in total. The van der Waals surface area contributed by atoms with E-state index in [-0.39, 0.29) is 11.6 Å². The van der Waals surface area contributed by atoms with Crippen molar-refractivity contribution in [2.75, 3.05) is 0 Å². The van der Waals surface area contributed by atoms with E-state index in [1.54, 1.807) is 24.5 Å².